The molecule has 1 unspecified atom stereocenters. The smallest absolute Gasteiger partial charge is 0.241 e. The lowest BCUT2D eigenvalue weighted by atomic mass is 9.73. The summed E-state index contributed by atoms with van der Waals surface area (Å²) in [6, 6.07) is 16.7. The maximum Gasteiger partial charge on any atom is 0.241 e. The minimum absolute atomic E-state index is 0.0935. The van der Waals surface area contributed by atoms with E-state index in [1.54, 1.807) is 18.3 Å². The third-order valence-electron chi connectivity index (χ3n) is 7.17. The number of nitrogens with zero attached hydrogens (tertiary/aromatic N) is 2. The molecule has 3 aliphatic rings. The highest BCUT2D eigenvalue weighted by Gasteiger charge is 2.44. The number of fused-ring (bicyclic) bond motifs is 4. The molecule has 5 nitrogen and oxygen atoms in total. The van der Waals surface area contributed by atoms with E-state index in [2.05, 4.69) is 27.3 Å². The number of aryl methyl sites for hydroxylation is 1. The van der Waals surface area contributed by atoms with E-state index in [4.69, 9.17) is 0 Å². The first-order valence-electron chi connectivity index (χ1n) is 11.3. The highest BCUT2D eigenvalue weighted by atomic mass is 32.2. The van der Waals surface area contributed by atoms with Crippen LogP contribution in [0.5, 0.6) is 0 Å². The van der Waals surface area contributed by atoms with Gasteiger partial charge in [0.25, 0.3) is 0 Å². The fourth-order valence-electron chi connectivity index (χ4n) is 5.41. The Balaban J connectivity index is 1.58. The number of hydrogen-bond donors (Lipinski definition) is 1. The molecule has 4 heterocycles. The minimum Gasteiger partial charge on any atom is -0.298 e. The van der Waals surface area contributed by atoms with Crippen LogP contribution in [-0.2, 0) is 10.0 Å². The number of nitrogens with one attached hydrogen (secondary N) is 1. The van der Waals surface area contributed by atoms with Crippen LogP contribution in [0.4, 0.5) is 0 Å². The van der Waals surface area contributed by atoms with Crippen LogP contribution >= 0.6 is 0 Å². The SMILES string of the molecule is C=C[C@H]1CN2CC[C@H]1C[C@@H]2[C@H](NS(=O)(=O)c1ccc(C)cc1)c1ccnc2ccccc12. The molecule has 3 fully saturated rings. The first-order chi connectivity index (χ1) is 15.5. The van der Waals surface area contributed by atoms with Crippen molar-refractivity contribution in [2.45, 2.75) is 36.7 Å². The highest BCUT2D eigenvalue weighted by molar-refractivity contribution is 7.89. The molecule has 1 N–H and O–H groups in total. The Bertz CT molecular complexity index is 1230. The van der Waals surface area contributed by atoms with Crippen molar-refractivity contribution in [2.75, 3.05) is 13.1 Å². The molecule has 3 aromatic rings. The molecule has 0 amide bonds. The van der Waals surface area contributed by atoms with E-state index in [-0.39, 0.29) is 12.1 Å². The van der Waals surface area contributed by atoms with E-state index in [9.17, 15) is 8.42 Å². The van der Waals surface area contributed by atoms with Crippen molar-refractivity contribution in [1.82, 2.24) is 14.6 Å². The highest BCUT2D eigenvalue weighted by Crippen LogP contribution is 2.42. The van der Waals surface area contributed by atoms with E-state index < -0.39 is 10.0 Å². The standard InChI is InChI=1S/C26H29N3O2S/c1-3-19-17-29-15-13-20(19)16-25(29)26(23-12-14-27-24-7-5-4-6-22(23)24)28-32(30,31)21-10-8-18(2)9-11-21/h3-12,14,19-20,25-26,28H,1,13,15-17H2,2H3/t19-,20-,25+,26+/m0/s1. The molecule has 0 aliphatic carbocycles. The molecule has 3 aliphatic heterocycles. The van der Waals surface area contributed by atoms with Crippen LogP contribution in [0.15, 0.2) is 78.3 Å². The lowest BCUT2D eigenvalue weighted by Crippen LogP contribution is -2.57. The van der Waals surface area contributed by atoms with Crippen LogP contribution in [-0.4, -0.2) is 37.4 Å². The Morgan fingerprint density at radius 2 is 1.94 bits per heavy atom. The molecule has 0 spiro atoms. The molecule has 1 aromatic heterocycles. The second-order valence-corrected chi connectivity index (χ2v) is 10.8. The molecule has 0 radical (unpaired) electrons. The van der Waals surface area contributed by atoms with Gasteiger partial charge in [-0.1, -0.05) is 42.0 Å². The maximum absolute atomic E-state index is 13.5. The molecule has 6 rings (SSSR count). The molecular weight excluding hydrogens is 418 g/mol. The first kappa shape index (κ1) is 21.3. The molecule has 3 saturated heterocycles. The van der Waals surface area contributed by atoms with Gasteiger partial charge in [-0.15, -0.1) is 6.58 Å². The van der Waals surface area contributed by atoms with Gasteiger partial charge in [0.2, 0.25) is 10.0 Å². The van der Waals surface area contributed by atoms with Crippen LogP contribution in [0, 0.1) is 18.8 Å². The van der Waals surface area contributed by atoms with Gasteiger partial charge in [0.05, 0.1) is 16.5 Å². The summed E-state index contributed by atoms with van der Waals surface area (Å²) in [5.41, 5.74) is 2.90. The number of rotatable bonds is 6. The quantitative estimate of drug-likeness (QED) is 0.567. The van der Waals surface area contributed by atoms with Crippen molar-refractivity contribution in [3.63, 3.8) is 0 Å². The van der Waals surface area contributed by atoms with Crippen molar-refractivity contribution < 1.29 is 8.42 Å². The average Bonchev–Trinajstić information content (AvgIpc) is 2.82. The third kappa shape index (κ3) is 3.87. The Morgan fingerprint density at radius 1 is 1.16 bits per heavy atom. The second-order valence-electron chi connectivity index (χ2n) is 9.08. The third-order valence-corrected chi connectivity index (χ3v) is 8.63. The summed E-state index contributed by atoms with van der Waals surface area (Å²) in [5, 5.41) is 0.995. The van der Waals surface area contributed by atoms with Crippen LogP contribution in [0.2, 0.25) is 0 Å². The fourth-order valence-corrected chi connectivity index (χ4v) is 6.66. The minimum atomic E-state index is -3.70. The molecule has 5 atom stereocenters. The van der Waals surface area contributed by atoms with Gasteiger partial charge in [-0.05, 0) is 68.0 Å². The number of sulfonamides is 1. The van der Waals surface area contributed by atoms with Gasteiger partial charge < -0.3 is 0 Å². The molecular formula is C26H29N3O2S. The van der Waals surface area contributed by atoms with Crippen molar-refractivity contribution in [3.05, 3.63) is 84.6 Å². The number of para-hydroxylation sites is 1. The largest absolute Gasteiger partial charge is 0.298 e. The Morgan fingerprint density at radius 3 is 2.66 bits per heavy atom. The summed E-state index contributed by atoms with van der Waals surface area (Å²) in [6.45, 7) is 7.91. The van der Waals surface area contributed by atoms with Gasteiger partial charge in [0.15, 0.2) is 0 Å². The van der Waals surface area contributed by atoms with E-state index in [0.717, 1.165) is 48.0 Å². The molecule has 6 heteroatoms. The summed E-state index contributed by atoms with van der Waals surface area (Å²) in [4.78, 5) is 7.25. The van der Waals surface area contributed by atoms with Gasteiger partial charge in [-0.2, -0.15) is 0 Å². The van der Waals surface area contributed by atoms with Gasteiger partial charge >= 0.3 is 0 Å². The van der Waals surface area contributed by atoms with Crippen molar-refractivity contribution in [2.24, 2.45) is 11.8 Å². The average molecular weight is 448 g/mol. The number of pyridine rings is 1. The van der Waals surface area contributed by atoms with Crippen LogP contribution in [0.25, 0.3) is 10.9 Å². The van der Waals surface area contributed by atoms with Crippen LogP contribution < -0.4 is 4.72 Å². The Hall–Kier alpha value is -2.54. The van der Waals surface area contributed by atoms with Gasteiger partial charge in [0.1, 0.15) is 0 Å². The molecule has 32 heavy (non-hydrogen) atoms. The van der Waals surface area contributed by atoms with Crippen LogP contribution in [0.3, 0.4) is 0 Å². The molecule has 166 valence electrons. The van der Waals surface area contributed by atoms with Gasteiger partial charge in [0, 0.05) is 24.2 Å². The Kier molecular flexibility index (Phi) is 5.61. The lowest BCUT2D eigenvalue weighted by Gasteiger charge is -2.51. The zero-order valence-electron chi connectivity index (χ0n) is 18.3. The topological polar surface area (TPSA) is 62.3 Å². The first-order valence-corrected chi connectivity index (χ1v) is 12.7. The fraction of sp³-hybridized carbons (Fsp3) is 0.346. The number of hydrogen-bond acceptors (Lipinski definition) is 4. The van der Waals surface area contributed by atoms with Crippen molar-refractivity contribution in [1.29, 1.82) is 0 Å². The maximum atomic E-state index is 13.5. The zero-order chi connectivity index (χ0) is 22.3. The summed E-state index contributed by atoms with van der Waals surface area (Å²) < 4.78 is 30.0. The van der Waals surface area contributed by atoms with Gasteiger partial charge in [-0.3, -0.25) is 9.88 Å². The van der Waals surface area contributed by atoms with Crippen molar-refractivity contribution >= 4 is 20.9 Å². The molecule has 2 bridgehead atoms. The van der Waals surface area contributed by atoms with E-state index in [1.807, 2.05) is 49.4 Å². The van der Waals surface area contributed by atoms with Crippen molar-refractivity contribution in [3.8, 4) is 0 Å². The predicted octanol–water partition coefficient (Wildman–Crippen LogP) is 4.46. The zero-order valence-corrected chi connectivity index (χ0v) is 19.1. The van der Waals surface area contributed by atoms with E-state index in [1.165, 1.54) is 0 Å². The second kappa shape index (κ2) is 8.43. The van der Waals surface area contributed by atoms with E-state index >= 15 is 0 Å². The number of piperidine rings is 3. The Labute approximate surface area is 190 Å². The monoisotopic (exact) mass is 447 g/mol. The lowest BCUT2D eigenvalue weighted by molar-refractivity contribution is 0.00490. The molecule has 2 aromatic carbocycles. The molecule has 0 saturated carbocycles. The summed E-state index contributed by atoms with van der Waals surface area (Å²) in [5.74, 6) is 1.02. The predicted molar refractivity (Wildman–Crippen MR) is 128 cm³/mol. The van der Waals surface area contributed by atoms with Gasteiger partial charge in [-0.25, -0.2) is 13.1 Å². The van der Waals surface area contributed by atoms with E-state index in [0.29, 0.717) is 16.7 Å². The van der Waals surface area contributed by atoms with Crippen LogP contribution in [0.1, 0.15) is 30.0 Å². The normalized spacial score (nSPS) is 26.2. The number of aromatic nitrogens is 1. The summed E-state index contributed by atoms with van der Waals surface area (Å²) in [7, 11) is -3.70. The summed E-state index contributed by atoms with van der Waals surface area (Å²) in [6.07, 6.45) is 5.95. The number of benzene rings is 2. The summed E-state index contributed by atoms with van der Waals surface area (Å²) >= 11 is 0.